The summed E-state index contributed by atoms with van der Waals surface area (Å²) in [5, 5.41) is 9.29. The Morgan fingerprint density at radius 2 is 1.95 bits per heavy atom. The number of methoxy groups -OCH3 is 2. The number of hydrogen-bond donors (Lipinski definition) is 1. The molecular formula is C17H16FNO3. The van der Waals surface area contributed by atoms with Gasteiger partial charge >= 0.3 is 0 Å². The maximum atomic E-state index is 13.5. The summed E-state index contributed by atoms with van der Waals surface area (Å²) >= 11 is 0. The first-order chi connectivity index (χ1) is 10.6. The van der Waals surface area contributed by atoms with Crippen LogP contribution in [0.5, 0.6) is 17.2 Å². The second kappa shape index (κ2) is 5.60. The lowest BCUT2D eigenvalue weighted by Crippen LogP contribution is -2.19. The maximum absolute atomic E-state index is 13.5. The molecule has 0 bridgehead atoms. The zero-order valence-corrected chi connectivity index (χ0v) is 12.3. The molecule has 4 nitrogen and oxygen atoms in total. The Balaban J connectivity index is 1.98. The van der Waals surface area contributed by atoms with Crippen molar-refractivity contribution in [2.24, 2.45) is 0 Å². The van der Waals surface area contributed by atoms with Crippen molar-refractivity contribution in [2.75, 3.05) is 19.1 Å². The van der Waals surface area contributed by atoms with Crippen molar-refractivity contribution in [1.82, 2.24) is 0 Å². The number of anilines is 1. The second-order valence-electron chi connectivity index (χ2n) is 4.98. The third-order valence-electron chi connectivity index (χ3n) is 3.70. The SMILES string of the molecule is COc1cc2c(c(OC)c1)CN(c1ccc(O)c(F)c1)C=C2. The molecule has 0 atom stereocenters. The predicted octanol–water partition coefficient (Wildman–Crippen LogP) is 3.54. The Hall–Kier alpha value is -2.69. The highest BCUT2D eigenvalue weighted by Gasteiger charge is 2.18. The number of phenols is 1. The van der Waals surface area contributed by atoms with Crippen molar-refractivity contribution in [3.8, 4) is 17.2 Å². The number of aromatic hydroxyl groups is 1. The average Bonchev–Trinajstić information content (AvgIpc) is 2.55. The van der Waals surface area contributed by atoms with E-state index in [9.17, 15) is 9.50 Å². The molecule has 0 aromatic heterocycles. The van der Waals surface area contributed by atoms with Crippen LogP contribution in [0.25, 0.3) is 6.08 Å². The van der Waals surface area contributed by atoms with Gasteiger partial charge < -0.3 is 19.5 Å². The quantitative estimate of drug-likeness (QED) is 0.941. The van der Waals surface area contributed by atoms with Crippen LogP contribution in [0.4, 0.5) is 10.1 Å². The van der Waals surface area contributed by atoms with Gasteiger partial charge in [0.1, 0.15) is 11.5 Å². The molecule has 22 heavy (non-hydrogen) atoms. The van der Waals surface area contributed by atoms with Crippen LogP contribution >= 0.6 is 0 Å². The summed E-state index contributed by atoms with van der Waals surface area (Å²) in [5.74, 6) is 0.457. The summed E-state index contributed by atoms with van der Waals surface area (Å²) in [7, 11) is 3.22. The van der Waals surface area contributed by atoms with Crippen molar-refractivity contribution < 1.29 is 19.0 Å². The molecular weight excluding hydrogens is 285 g/mol. The van der Waals surface area contributed by atoms with E-state index >= 15 is 0 Å². The van der Waals surface area contributed by atoms with Crippen LogP contribution in [0, 0.1) is 5.82 Å². The molecule has 3 rings (SSSR count). The molecule has 0 aliphatic carbocycles. The number of benzene rings is 2. The summed E-state index contributed by atoms with van der Waals surface area (Å²) < 4.78 is 24.2. The van der Waals surface area contributed by atoms with Crippen LogP contribution in [0.2, 0.25) is 0 Å². The Morgan fingerprint density at radius 1 is 1.14 bits per heavy atom. The molecule has 0 saturated heterocycles. The van der Waals surface area contributed by atoms with Gasteiger partial charge in [0, 0.05) is 29.6 Å². The first kappa shape index (κ1) is 14.3. The molecule has 1 aliphatic rings. The van der Waals surface area contributed by atoms with Gasteiger partial charge in [-0.3, -0.25) is 0 Å². The van der Waals surface area contributed by atoms with Crippen LogP contribution in [0.15, 0.2) is 36.5 Å². The van der Waals surface area contributed by atoms with Gasteiger partial charge in [0.15, 0.2) is 11.6 Å². The molecule has 0 unspecified atom stereocenters. The highest BCUT2D eigenvalue weighted by Crippen LogP contribution is 2.35. The third kappa shape index (κ3) is 2.45. The van der Waals surface area contributed by atoms with Crippen molar-refractivity contribution >= 4 is 11.8 Å². The molecule has 0 amide bonds. The lowest BCUT2D eigenvalue weighted by Gasteiger charge is -2.27. The smallest absolute Gasteiger partial charge is 0.166 e. The highest BCUT2D eigenvalue weighted by atomic mass is 19.1. The Morgan fingerprint density at radius 3 is 2.64 bits per heavy atom. The zero-order valence-electron chi connectivity index (χ0n) is 12.3. The summed E-state index contributed by atoms with van der Waals surface area (Å²) in [6, 6.07) is 8.08. The van der Waals surface area contributed by atoms with E-state index in [0.717, 1.165) is 22.6 Å². The van der Waals surface area contributed by atoms with Gasteiger partial charge in [0.2, 0.25) is 0 Å². The first-order valence-corrected chi connectivity index (χ1v) is 6.80. The van der Waals surface area contributed by atoms with Gasteiger partial charge in [-0.2, -0.15) is 0 Å². The Labute approximate surface area is 128 Å². The van der Waals surface area contributed by atoms with Crippen LogP contribution in [0.3, 0.4) is 0 Å². The van der Waals surface area contributed by atoms with Crippen molar-refractivity contribution in [2.45, 2.75) is 6.54 Å². The van der Waals surface area contributed by atoms with Crippen molar-refractivity contribution in [3.63, 3.8) is 0 Å². The molecule has 0 spiro atoms. The van der Waals surface area contributed by atoms with E-state index in [1.807, 2.05) is 29.3 Å². The molecule has 5 heteroatoms. The molecule has 0 saturated carbocycles. The van der Waals surface area contributed by atoms with Gasteiger partial charge in [-0.15, -0.1) is 0 Å². The monoisotopic (exact) mass is 301 g/mol. The van der Waals surface area contributed by atoms with E-state index in [2.05, 4.69) is 0 Å². The molecule has 1 aliphatic heterocycles. The standard InChI is InChI=1S/C17H16FNO3/c1-21-13-7-11-5-6-19(10-14(11)17(9-13)22-2)12-3-4-16(20)15(18)8-12/h3-9,20H,10H2,1-2H3. The van der Waals surface area contributed by atoms with Gasteiger partial charge in [-0.1, -0.05) is 0 Å². The fourth-order valence-corrected chi connectivity index (χ4v) is 2.50. The Bertz CT molecular complexity index is 743. The number of nitrogens with zero attached hydrogens (tertiary/aromatic N) is 1. The van der Waals surface area contributed by atoms with E-state index in [1.165, 1.54) is 12.1 Å². The summed E-state index contributed by atoms with van der Waals surface area (Å²) in [4.78, 5) is 1.89. The molecule has 2 aromatic carbocycles. The third-order valence-corrected chi connectivity index (χ3v) is 3.70. The number of hydrogen-bond acceptors (Lipinski definition) is 4. The fourth-order valence-electron chi connectivity index (χ4n) is 2.50. The van der Waals surface area contributed by atoms with Crippen LogP contribution < -0.4 is 14.4 Å². The van der Waals surface area contributed by atoms with E-state index in [-0.39, 0.29) is 5.75 Å². The lowest BCUT2D eigenvalue weighted by molar-refractivity contribution is 0.390. The number of phenolic OH excluding ortho intramolecular Hbond substituents is 1. The number of rotatable bonds is 3. The number of halogens is 1. The number of fused-ring (bicyclic) bond motifs is 1. The van der Waals surface area contributed by atoms with Crippen LogP contribution in [-0.2, 0) is 6.54 Å². The minimum absolute atomic E-state index is 0.354. The topological polar surface area (TPSA) is 41.9 Å². The Kier molecular flexibility index (Phi) is 3.63. The predicted molar refractivity (Wildman–Crippen MR) is 82.8 cm³/mol. The van der Waals surface area contributed by atoms with Gasteiger partial charge in [0.05, 0.1) is 20.8 Å². The normalized spacial score (nSPS) is 13.0. The highest BCUT2D eigenvalue weighted by molar-refractivity contribution is 5.68. The first-order valence-electron chi connectivity index (χ1n) is 6.80. The summed E-state index contributed by atoms with van der Waals surface area (Å²) in [6.45, 7) is 0.545. The second-order valence-corrected chi connectivity index (χ2v) is 4.98. The van der Waals surface area contributed by atoms with Crippen molar-refractivity contribution in [3.05, 3.63) is 53.5 Å². The van der Waals surface area contributed by atoms with E-state index < -0.39 is 5.82 Å². The molecule has 0 radical (unpaired) electrons. The van der Waals surface area contributed by atoms with E-state index in [0.29, 0.717) is 12.2 Å². The molecule has 0 fully saturated rings. The zero-order chi connectivity index (χ0) is 15.7. The molecule has 114 valence electrons. The largest absolute Gasteiger partial charge is 0.505 e. The summed E-state index contributed by atoms with van der Waals surface area (Å²) in [5.41, 5.74) is 2.67. The van der Waals surface area contributed by atoms with E-state index in [1.54, 1.807) is 20.3 Å². The van der Waals surface area contributed by atoms with Gasteiger partial charge in [-0.25, -0.2) is 4.39 Å². The number of ether oxygens (including phenoxy) is 2. The fraction of sp³-hybridized carbons (Fsp3) is 0.176. The maximum Gasteiger partial charge on any atom is 0.166 e. The molecule has 2 aromatic rings. The summed E-state index contributed by atoms with van der Waals surface area (Å²) in [6.07, 6.45) is 3.79. The molecule has 1 heterocycles. The molecule has 1 N–H and O–H groups in total. The van der Waals surface area contributed by atoms with Crippen LogP contribution in [-0.4, -0.2) is 19.3 Å². The van der Waals surface area contributed by atoms with Gasteiger partial charge in [0.25, 0.3) is 0 Å². The minimum atomic E-state index is -0.640. The van der Waals surface area contributed by atoms with Crippen molar-refractivity contribution in [1.29, 1.82) is 0 Å². The minimum Gasteiger partial charge on any atom is -0.505 e. The van der Waals surface area contributed by atoms with Crippen LogP contribution in [0.1, 0.15) is 11.1 Å². The van der Waals surface area contributed by atoms with Gasteiger partial charge in [-0.05, 0) is 29.8 Å². The lowest BCUT2D eigenvalue weighted by atomic mass is 10.0. The average molecular weight is 301 g/mol. The van der Waals surface area contributed by atoms with E-state index in [4.69, 9.17) is 9.47 Å².